The van der Waals surface area contributed by atoms with E-state index in [0.717, 1.165) is 30.1 Å². The summed E-state index contributed by atoms with van der Waals surface area (Å²) in [4.78, 5) is 2.45. The van der Waals surface area contributed by atoms with Crippen molar-refractivity contribution in [2.24, 2.45) is 5.16 Å². The van der Waals surface area contributed by atoms with Crippen LogP contribution in [0, 0.1) is 0 Å². The zero-order valence-corrected chi connectivity index (χ0v) is 11.4. The van der Waals surface area contributed by atoms with Crippen molar-refractivity contribution in [2.45, 2.75) is 31.5 Å². The summed E-state index contributed by atoms with van der Waals surface area (Å²) in [6, 6.07) is 8.58. The van der Waals surface area contributed by atoms with Gasteiger partial charge in [-0.15, -0.1) is 0 Å². The Morgan fingerprint density at radius 1 is 1.32 bits per heavy atom. The summed E-state index contributed by atoms with van der Waals surface area (Å²) in [5.74, 6) is 0. The van der Waals surface area contributed by atoms with Crippen LogP contribution in [-0.2, 0) is 11.3 Å². The van der Waals surface area contributed by atoms with E-state index in [4.69, 9.17) is 21.5 Å². The van der Waals surface area contributed by atoms with E-state index in [0.29, 0.717) is 25.3 Å². The number of halogens is 1. The lowest BCUT2D eigenvalue weighted by Crippen LogP contribution is -2.56. The minimum absolute atomic E-state index is 0.303. The average Bonchev–Trinajstić information content (AvgIpc) is 2.38. The van der Waals surface area contributed by atoms with Crippen molar-refractivity contribution in [1.29, 1.82) is 0 Å². The van der Waals surface area contributed by atoms with Crippen LogP contribution in [0.25, 0.3) is 0 Å². The summed E-state index contributed by atoms with van der Waals surface area (Å²) >= 11 is 6.03. The Bertz CT molecular complexity index is 476. The normalized spacial score (nSPS) is 27.3. The molecule has 2 saturated heterocycles. The van der Waals surface area contributed by atoms with Crippen LogP contribution >= 0.6 is 11.6 Å². The van der Waals surface area contributed by atoms with Crippen LogP contribution in [0.3, 0.4) is 0 Å². The number of piperidine rings is 1. The number of hydrogen-bond donors (Lipinski definition) is 1. The van der Waals surface area contributed by atoms with Gasteiger partial charge in [0.15, 0.2) is 0 Å². The van der Waals surface area contributed by atoms with Crippen LogP contribution in [0.4, 0.5) is 0 Å². The van der Waals surface area contributed by atoms with Gasteiger partial charge in [-0.05, 0) is 17.7 Å². The minimum Gasteiger partial charge on any atom is -0.411 e. The molecule has 5 heteroatoms. The maximum Gasteiger partial charge on any atom is 0.0626 e. The zero-order valence-electron chi connectivity index (χ0n) is 10.6. The van der Waals surface area contributed by atoms with Crippen molar-refractivity contribution in [3.05, 3.63) is 34.9 Å². The summed E-state index contributed by atoms with van der Waals surface area (Å²) in [6.07, 6.45) is 1.57. The molecular weight excluding hydrogens is 264 g/mol. The van der Waals surface area contributed by atoms with Gasteiger partial charge in [0, 0.05) is 36.5 Å². The summed E-state index contributed by atoms with van der Waals surface area (Å²) in [7, 11) is 0. The fourth-order valence-electron chi connectivity index (χ4n) is 3.00. The van der Waals surface area contributed by atoms with Crippen LogP contribution in [-0.4, -0.2) is 41.1 Å². The van der Waals surface area contributed by atoms with E-state index in [1.165, 1.54) is 5.56 Å². The van der Waals surface area contributed by atoms with Gasteiger partial charge in [-0.25, -0.2) is 0 Å². The number of oxime groups is 1. The van der Waals surface area contributed by atoms with Crippen LogP contribution < -0.4 is 0 Å². The molecule has 0 spiro atoms. The standard InChI is InChI=1S/C14H17ClN2O2/c15-11-3-1-2-10(4-11)7-17-13-5-12(16-18)6-14(17)9-19-8-13/h1-4,13-14,18H,5-9H2. The molecule has 2 fully saturated rings. The Labute approximate surface area is 117 Å². The molecule has 0 radical (unpaired) electrons. The Balaban J connectivity index is 1.77. The van der Waals surface area contributed by atoms with Gasteiger partial charge in [0.05, 0.1) is 18.9 Å². The summed E-state index contributed by atoms with van der Waals surface area (Å²) in [6.45, 7) is 2.28. The third kappa shape index (κ3) is 2.76. The third-order valence-electron chi connectivity index (χ3n) is 3.90. The molecule has 2 atom stereocenters. The largest absolute Gasteiger partial charge is 0.411 e. The van der Waals surface area contributed by atoms with Crippen LogP contribution in [0.15, 0.2) is 29.4 Å². The molecule has 1 aromatic rings. The zero-order chi connectivity index (χ0) is 13.2. The fourth-order valence-corrected chi connectivity index (χ4v) is 3.21. The molecule has 0 aromatic heterocycles. The monoisotopic (exact) mass is 280 g/mol. The lowest BCUT2D eigenvalue weighted by molar-refractivity contribution is -0.0574. The molecule has 2 unspecified atom stereocenters. The van der Waals surface area contributed by atoms with E-state index >= 15 is 0 Å². The second-order valence-electron chi connectivity index (χ2n) is 5.22. The second kappa shape index (κ2) is 5.49. The highest BCUT2D eigenvalue weighted by Crippen LogP contribution is 2.28. The molecule has 0 amide bonds. The number of hydrogen-bond acceptors (Lipinski definition) is 4. The van der Waals surface area contributed by atoms with Crippen LogP contribution in [0.1, 0.15) is 18.4 Å². The van der Waals surface area contributed by atoms with Gasteiger partial charge in [-0.3, -0.25) is 4.90 Å². The molecule has 2 heterocycles. The minimum atomic E-state index is 0.303. The predicted molar refractivity (Wildman–Crippen MR) is 73.8 cm³/mol. The van der Waals surface area contributed by atoms with Gasteiger partial charge in [0.25, 0.3) is 0 Å². The highest BCUT2D eigenvalue weighted by atomic mass is 35.5. The number of benzene rings is 1. The fraction of sp³-hybridized carbons (Fsp3) is 0.500. The molecule has 2 aliphatic rings. The van der Waals surface area contributed by atoms with E-state index < -0.39 is 0 Å². The van der Waals surface area contributed by atoms with Crippen molar-refractivity contribution in [3.63, 3.8) is 0 Å². The molecule has 1 aromatic carbocycles. The van der Waals surface area contributed by atoms with Gasteiger partial charge in [-0.2, -0.15) is 0 Å². The van der Waals surface area contributed by atoms with Gasteiger partial charge in [0.2, 0.25) is 0 Å². The van der Waals surface area contributed by atoms with Crippen molar-refractivity contribution < 1.29 is 9.94 Å². The number of rotatable bonds is 2. The second-order valence-corrected chi connectivity index (χ2v) is 5.66. The number of morpholine rings is 1. The Morgan fingerprint density at radius 2 is 2.05 bits per heavy atom. The lowest BCUT2D eigenvalue weighted by atomic mass is 9.92. The first-order chi connectivity index (χ1) is 9.26. The van der Waals surface area contributed by atoms with E-state index in [-0.39, 0.29) is 0 Å². The molecular formula is C14H17ClN2O2. The topological polar surface area (TPSA) is 45.1 Å². The van der Waals surface area contributed by atoms with Gasteiger partial charge in [-0.1, -0.05) is 28.9 Å². The Hall–Kier alpha value is -1.10. The van der Waals surface area contributed by atoms with Crippen molar-refractivity contribution in [1.82, 2.24) is 4.90 Å². The molecule has 0 saturated carbocycles. The number of fused-ring (bicyclic) bond motifs is 2. The van der Waals surface area contributed by atoms with E-state index in [2.05, 4.69) is 16.1 Å². The molecule has 0 aliphatic carbocycles. The third-order valence-corrected chi connectivity index (χ3v) is 4.13. The van der Waals surface area contributed by atoms with Crippen molar-refractivity contribution >= 4 is 17.3 Å². The predicted octanol–water partition coefficient (Wildman–Crippen LogP) is 2.53. The smallest absolute Gasteiger partial charge is 0.0626 e. The van der Waals surface area contributed by atoms with Crippen LogP contribution in [0.5, 0.6) is 0 Å². The summed E-state index contributed by atoms with van der Waals surface area (Å²) in [5.41, 5.74) is 2.11. The Kier molecular flexibility index (Phi) is 3.73. The molecule has 19 heavy (non-hydrogen) atoms. The highest BCUT2D eigenvalue weighted by molar-refractivity contribution is 6.30. The quantitative estimate of drug-likeness (QED) is 0.669. The summed E-state index contributed by atoms with van der Waals surface area (Å²) < 4.78 is 5.62. The lowest BCUT2D eigenvalue weighted by Gasteiger charge is -2.45. The number of nitrogens with zero attached hydrogens (tertiary/aromatic N) is 2. The molecule has 2 aliphatic heterocycles. The first-order valence-corrected chi connectivity index (χ1v) is 6.92. The van der Waals surface area contributed by atoms with Crippen molar-refractivity contribution in [2.75, 3.05) is 13.2 Å². The van der Waals surface area contributed by atoms with E-state index in [1.54, 1.807) is 0 Å². The van der Waals surface area contributed by atoms with Gasteiger partial charge >= 0.3 is 0 Å². The van der Waals surface area contributed by atoms with E-state index in [9.17, 15) is 0 Å². The molecule has 4 nitrogen and oxygen atoms in total. The van der Waals surface area contributed by atoms with E-state index in [1.807, 2.05) is 18.2 Å². The van der Waals surface area contributed by atoms with Gasteiger partial charge in [0.1, 0.15) is 0 Å². The van der Waals surface area contributed by atoms with Crippen LogP contribution in [0.2, 0.25) is 5.02 Å². The molecule has 3 rings (SSSR count). The molecule has 1 N–H and O–H groups in total. The van der Waals surface area contributed by atoms with Gasteiger partial charge < -0.3 is 9.94 Å². The average molecular weight is 281 g/mol. The maximum atomic E-state index is 8.97. The maximum absolute atomic E-state index is 8.97. The Morgan fingerprint density at radius 3 is 2.68 bits per heavy atom. The summed E-state index contributed by atoms with van der Waals surface area (Å²) in [5, 5.41) is 13.1. The molecule has 2 bridgehead atoms. The van der Waals surface area contributed by atoms with Crippen molar-refractivity contribution in [3.8, 4) is 0 Å². The highest BCUT2D eigenvalue weighted by Gasteiger charge is 2.37. The number of ether oxygens (including phenoxy) is 1. The molecule has 102 valence electrons. The first-order valence-electron chi connectivity index (χ1n) is 6.54. The SMILES string of the molecule is ON=C1CC2COCC(C1)N2Cc1cccc(Cl)c1. The first kappa shape index (κ1) is 12.9.